The Hall–Kier alpha value is -1.15. The summed E-state index contributed by atoms with van der Waals surface area (Å²) in [5.41, 5.74) is 0. The Morgan fingerprint density at radius 3 is 2.82 bits per heavy atom. The molecule has 3 heteroatoms. The molecule has 0 N–H and O–H groups in total. The molecule has 0 amide bonds. The Kier molecular flexibility index (Phi) is 1.29. The molecule has 2 nitrogen and oxygen atoms in total. The van der Waals surface area contributed by atoms with Gasteiger partial charge >= 0.3 is 0 Å². The molecular formula is C8H5ClO2. The first kappa shape index (κ1) is 6.55. The van der Waals surface area contributed by atoms with E-state index in [0.717, 1.165) is 0 Å². The molecule has 1 aromatic carbocycles. The van der Waals surface area contributed by atoms with Crippen molar-refractivity contribution in [3.05, 3.63) is 35.7 Å². The lowest BCUT2D eigenvalue weighted by atomic mass is 10.3. The highest BCUT2D eigenvalue weighted by molar-refractivity contribution is 6.32. The van der Waals surface area contributed by atoms with Gasteiger partial charge in [-0.15, -0.1) is 0 Å². The van der Waals surface area contributed by atoms with Crippen LogP contribution in [0.2, 0.25) is 5.02 Å². The normalized spacial score (nSPS) is 13.7. The fourth-order valence-electron chi connectivity index (χ4n) is 0.926. The van der Waals surface area contributed by atoms with Gasteiger partial charge in [0.25, 0.3) is 5.95 Å². The summed E-state index contributed by atoms with van der Waals surface area (Å²) in [5.74, 6) is 1.45. The van der Waals surface area contributed by atoms with Gasteiger partial charge in [0, 0.05) is 0 Å². The van der Waals surface area contributed by atoms with Crippen LogP contribution in [0.1, 0.15) is 0 Å². The minimum absolute atomic E-state index is 0.271. The van der Waals surface area contributed by atoms with Crippen LogP contribution in [0.3, 0.4) is 0 Å². The van der Waals surface area contributed by atoms with Crippen molar-refractivity contribution in [2.75, 3.05) is 0 Å². The molecule has 1 aliphatic rings. The molecule has 0 saturated heterocycles. The monoisotopic (exact) mass is 168 g/mol. The number of hydrogen-bond acceptors (Lipinski definition) is 2. The summed E-state index contributed by atoms with van der Waals surface area (Å²) in [4.78, 5) is 0. The van der Waals surface area contributed by atoms with Crippen molar-refractivity contribution in [2.24, 2.45) is 0 Å². The largest absolute Gasteiger partial charge is 0.422 e. The lowest BCUT2D eigenvalue weighted by Crippen LogP contribution is -1.88. The van der Waals surface area contributed by atoms with Gasteiger partial charge in [0.15, 0.2) is 11.5 Å². The molecule has 0 unspecified atom stereocenters. The summed E-state index contributed by atoms with van der Waals surface area (Å²) in [6.07, 6.45) is 0. The molecular weight excluding hydrogens is 164 g/mol. The van der Waals surface area contributed by atoms with Gasteiger partial charge in [-0.2, -0.15) is 0 Å². The standard InChI is InChI=1S/C8H5ClO2/c1-5-10-7-4-2-3-6(9)8(7)11-5/h2-4H,1H2. The van der Waals surface area contributed by atoms with Crippen LogP contribution in [0.5, 0.6) is 11.5 Å². The second-order valence-corrected chi connectivity index (χ2v) is 2.55. The van der Waals surface area contributed by atoms with Gasteiger partial charge < -0.3 is 9.47 Å². The number of halogens is 1. The van der Waals surface area contributed by atoms with Crippen LogP contribution >= 0.6 is 11.6 Å². The van der Waals surface area contributed by atoms with Gasteiger partial charge in [-0.05, 0) is 18.7 Å². The molecule has 11 heavy (non-hydrogen) atoms. The zero-order chi connectivity index (χ0) is 7.84. The van der Waals surface area contributed by atoms with Gasteiger partial charge in [0.05, 0.1) is 5.02 Å². The average Bonchev–Trinajstić information content (AvgIpc) is 2.31. The molecule has 0 spiro atoms. The van der Waals surface area contributed by atoms with E-state index in [2.05, 4.69) is 6.58 Å². The number of hydrogen-bond donors (Lipinski definition) is 0. The fourth-order valence-corrected chi connectivity index (χ4v) is 1.13. The van der Waals surface area contributed by atoms with E-state index in [9.17, 15) is 0 Å². The van der Waals surface area contributed by atoms with E-state index < -0.39 is 0 Å². The molecule has 0 aromatic heterocycles. The van der Waals surface area contributed by atoms with Gasteiger partial charge in [0.2, 0.25) is 0 Å². The third-order valence-electron chi connectivity index (χ3n) is 1.37. The van der Waals surface area contributed by atoms with E-state index >= 15 is 0 Å². The Labute approximate surface area is 69.0 Å². The second-order valence-electron chi connectivity index (χ2n) is 2.14. The lowest BCUT2D eigenvalue weighted by molar-refractivity contribution is 0.290. The zero-order valence-electron chi connectivity index (χ0n) is 5.63. The number of ether oxygens (including phenoxy) is 2. The summed E-state index contributed by atoms with van der Waals surface area (Å²) < 4.78 is 10.2. The fraction of sp³-hybridized carbons (Fsp3) is 0. The highest BCUT2D eigenvalue weighted by Crippen LogP contribution is 2.40. The van der Waals surface area contributed by atoms with Crippen molar-refractivity contribution in [3.8, 4) is 11.5 Å². The van der Waals surface area contributed by atoms with E-state index in [1.54, 1.807) is 18.2 Å². The molecule has 0 fully saturated rings. The predicted octanol–water partition coefficient (Wildman–Crippen LogP) is 2.58. The van der Waals surface area contributed by atoms with E-state index in [1.807, 2.05) is 0 Å². The van der Waals surface area contributed by atoms with Gasteiger partial charge in [-0.1, -0.05) is 17.7 Å². The first-order valence-electron chi connectivity index (χ1n) is 3.10. The third kappa shape index (κ3) is 0.955. The molecule has 1 aromatic rings. The van der Waals surface area contributed by atoms with E-state index in [0.29, 0.717) is 16.5 Å². The maximum absolute atomic E-state index is 5.79. The quantitative estimate of drug-likeness (QED) is 0.593. The van der Waals surface area contributed by atoms with E-state index in [1.165, 1.54) is 0 Å². The molecule has 0 radical (unpaired) electrons. The molecule has 1 heterocycles. The van der Waals surface area contributed by atoms with Crippen LogP contribution in [0.25, 0.3) is 0 Å². The second kappa shape index (κ2) is 2.17. The Balaban J connectivity index is 2.57. The molecule has 0 bridgehead atoms. The topological polar surface area (TPSA) is 18.5 Å². The van der Waals surface area contributed by atoms with Crippen molar-refractivity contribution in [1.29, 1.82) is 0 Å². The highest BCUT2D eigenvalue weighted by Gasteiger charge is 2.19. The molecule has 56 valence electrons. The minimum Gasteiger partial charge on any atom is -0.422 e. The zero-order valence-corrected chi connectivity index (χ0v) is 6.39. The molecule has 0 aliphatic carbocycles. The SMILES string of the molecule is C=C1Oc2cccc(Cl)c2O1. The summed E-state index contributed by atoms with van der Waals surface area (Å²) >= 11 is 5.79. The Morgan fingerprint density at radius 1 is 1.27 bits per heavy atom. The first-order chi connectivity index (χ1) is 5.27. The first-order valence-corrected chi connectivity index (χ1v) is 3.48. The smallest absolute Gasteiger partial charge is 0.282 e. The van der Waals surface area contributed by atoms with Crippen LogP contribution < -0.4 is 9.47 Å². The van der Waals surface area contributed by atoms with Crippen LogP contribution in [0, 0.1) is 0 Å². The van der Waals surface area contributed by atoms with Crippen LogP contribution in [0.15, 0.2) is 30.7 Å². The predicted molar refractivity (Wildman–Crippen MR) is 41.8 cm³/mol. The van der Waals surface area contributed by atoms with Crippen molar-refractivity contribution in [2.45, 2.75) is 0 Å². The van der Waals surface area contributed by atoms with Crippen LogP contribution in [-0.2, 0) is 0 Å². The number of benzene rings is 1. The van der Waals surface area contributed by atoms with Crippen LogP contribution in [-0.4, -0.2) is 0 Å². The summed E-state index contributed by atoms with van der Waals surface area (Å²) in [5, 5.41) is 0.543. The van der Waals surface area contributed by atoms with Gasteiger partial charge in [-0.3, -0.25) is 0 Å². The summed E-state index contributed by atoms with van der Waals surface area (Å²) in [6.45, 7) is 3.51. The molecule has 0 saturated carbocycles. The minimum atomic E-state index is 0.271. The molecule has 0 atom stereocenters. The van der Waals surface area contributed by atoms with Gasteiger partial charge in [-0.25, -0.2) is 0 Å². The lowest BCUT2D eigenvalue weighted by Gasteiger charge is -1.94. The molecule has 2 rings (SSSR count). The number of rotatable bonds is 0. The third-order valence-corrected chi connectivity index (χ3v) is 1.67. The average molecular weight is 169 g/mol. The number of fused-ring (bicyclic) bond motifs is 1. The van der Waals surface area contributed by atoms with Crippen LogP contribution in [0.4, 0.5) is 0 Å². The summed E-state index contributed by atoms with van der Waals surface area (Å²) in [6, 6.07) is 5.31. The molecule has 1 aliphatic heterocycles. The Morgan fingerprint density at radius 2 is 2.09 bits per heavy atom. The Bertz CT molecular complexity index is 320. The summed E-state index contributed by atoms with van der Waals surface area (Å²) in [7, 11) is 0. The van der Waals surface area contributed by atoms with Gasteiger partial charge in [0.1, 0.15) is 0 Å². The van der Waals surface area contributed by atoms with E-state index in [4.69, 9.17) is 21.1 Å². The van der Waals surface area contributed by atoms with Crippen molar-refractivity contribution < 1.29 is 9.47 Å². The maximum Gasteiger partial charge on any atom is 0.282 e. The maximum atomic E-state index is 5.79. The number of para-hydroxylation sites is 1. The highest BCUT2D eigenvalue weighted by atomic mass is 35.5. The van der Waals surface area contributed by atoms with Crippen molar-refractivity contribution in [3.63, 3.8) is 0 Å². The van der Waals surface area contributed by atoms with Crippen molar-refractivity contribution >= 4 is 11.6 Å². The van der Waals surface area contributed by atoms with E-state index in [-0.39, 0.29) is 5.95 Å². The van der Waals surface area contributed by atoms with Crippen molar-refractivity contribution in [1.82, 2.24) is 0 Å².